The summed E-state index contributed by atoms with van der Waals surface area (Å²) in [6.07, 6.45) is 0. The van der Waals surface area contributed by atoms with E-state index in [1.165, 1.54) is 22.7 Å². The van der Waals surface area contributed by atoms with E-state index in [9.17, 15) is 4.79 Å². The summed E-state index contributed by atoms with van der Waals surface area (Å²) in [6.45, 7) is 1.65. The molecule has 0 aliphatic carbocycles. The van der Waals surface area contributed by atoms with Crippen molar-refractivity contribution in [2.24, 2.45) is 0 Å². The number of esters is 1. The van der Waals surface area contributed by atoms with E-state index in [0.29, 0.717) is 32.9 Å². The van der Waals surface area contributed by atoms with Gasteiger partial charge in [-0.05, 0) is 36.6 Å². The maximum atomic E-state index is 12.6. The van der Waals surface area contributed by atoms with E-state index in [2.05, 4.69) is 15.1 Å². The highest BCUT2D eigenvalue weighted by molar-refractivity contribution is 7.17. The molecule has 0 aliphatic heterocycles. The quantitative estimate of drug-likeness (QED) is 0.382. The van der Waals surface area contributed by atoms with Crippen LogP contribution in [0.1, 0.15) is 21.3 Å². The first kappa shape index (κ1) is 20.0. The maximum Gasteiger partial charge on any atom is 0.350 e. The lowest BCUT2D eigenvalue weighted by Crippen LogP contribution is -2.05. The molecule has 0 amide bonds. The molecule has 0 radical (unpaired) electrons. The summed E-state index contributed by atoms with van der Waals surface area (Å²) in [7, 11) is 3.14. The van der Waals surface area contributed by atoms with Crippen molar-refractivity contribution < 1.29 is 23.5 Å². The minimum atomic E-state index is -0.493. The molecule has 1 aromatic carbocycles. The number of thiophene rings is 1. The van der Waals surface area contributed by atoms with Crippen LogP contribution in [0, 0.1) is 6.92 Å². The van der Waals surface area contributed by atoms with Crippen LogP contribution in [0.25, 0.3) is 21.3 Å². The summed E-state index contributed by atoms with van der Waals surface area (Å²) < 4.78 is 21.1. The second-order valence-corrected chi connectivity index (χ2v) is 8.02. The van der Waals surface area contributed by atoms with Gasteiger partial charge in [-0.25, -0.2) is 9.78 Å². The first-order valence-corrected chi connectivity index (χ1v) is 10.5. The predicted molar refractivity (Wildman–Crippen MR) is 112 cm³/mol. The second kappa shape index (κ2) is 8.64. The number of thiazole rings is 1. The summed E-state index contributed by atoms with van der Waals surface area (Å²) in [5.41, 5.74) is 1.40. The number of carbonyl (C=O) groups excluding carboxylic acids is 1. The third kappa shape index (κ3) is 4.05. The Morgan fingerprint density at radius 1 is 1.13 bits per heavy atom. The van der Waals surface area contributed by atoms with Gasteiger partial charge < -0.3 is 18.7 Å². The van der Waals surface area contributed by atoms with Crippen LogP contribution in [0.5, 0.6) is 11.5 Å². The van der Waals surface area contributed by atoms with Crippen LogP contribution in [0.15, 0.2) is 40.2 Å². The summed E-state index contributed by atoms with van der Waals surface area (Å²) in [5, 5.41) is 6.51. The highest BCUT2D eigenvalue weighted by atomic mass is 32.1. The molecule has 0 bridgehead atoms. The SMILES string of the molecule is COc1ccc(-c2nc(C)c(C(=O)OCc3nc(-c4cccs4)no3)s2)cc1OC. The van der Waals surface area contributed by atoms with E-state index < -0.39 is 5.97 Å². The second-order valence-electron chi connectivity index (χ2n) is 6.07. The molecule has 3 heterocycles. The average Bonchev–Trinajstić information content (AvgIpc) is 3.51. The number of rotatable bonds is 7. The minimum Gasteiger partial charge on any atom is -0.493 e. The number of benzene rings is 1. The van der Waals surface area contributed by atoms with Crippen molar-refractivity contribution in [1.82, 2.24) is 15.1 Å². The van der Waals surface area contributed by atoms with E-state index >= 15 is 0 Å². The number of aryl methyl sites for hydroxylation is 1. The first-order chi connectivity index (χ1) is 14.6. The largest absolute Gasteiger partial charge is 0.493 e. The summed E-state index contributed by atoms with van der Waals surface area (Å²) in [4.78, 5) is 22.6. The molecular weight excluding hydrogens is 426 g/mol. The number of methoxy groups -OCH3 is 2. The van der Waals surface area contributed by atoms with Crippen molar-refractivity contribution in [3.63, 3.8) is 0 Å². The van der Waals surface area contributed by atoms with Crippen LogP contribution in [0.2, 0.25) is 0 Å². The molecule has 0 N–H and O–H groups in total. The number of hydrogen-bond donors (Lipinski definition) is 0. The predicted octanol–water partition coefficient (Wildman–Crippen LogP) is 4.60. The molecule has 10 heteroatoms. The van der Waals surface area contributed by atoms with Gasteiger partial charge in [-0.2, -0.15) is 4.98 Å². The van der Waals surface area contributed by atoms with Crippen LogP contribution in [-0.4, -0.2) is 35.3 Å². The lowest BCUT2D eigenvalue weighted by atomic mass is 10.2. The van der Waals surface area contributed by atoms with Crippen LogP contribution in [0.4, 0.5) is 0 Å². The number of aromatic nitrogens is 3. The molecule has 0 saturated heterocycles. The van der Waals surface area contributed by atoms with Gasteiger partial charge in [-0.15, -0.1) is 22.7 Å². The van der Waals surface area contributed by atoms with E-state index in [1.807, 2.05) is 29.6 Å². The molecule has 4 aromatic rings. The van der Waals surface area contributed by atoms with Gasteiger partial charge in [0, 0.05) is 5.56 Å². The zero-order valence-electron chi connectivity index (χ0n) is 16.4. The van der Waals surface area contributed by atoms with E-state index in [0.717, 1.165) is 10.4 Å². The summed E-state index contributed by atoms with van der Waals surface area (Å²) in [6, 6.07) is 9.26. The molecule has 8 nitrogen and oxygen atoms in total. The highest BCUT2D eigenvalue weighted by Gasteiger charge is 2.20. The van der Waals surface area contributed by atoms with Gasteiger partial charge in [-0.3, -0.25) is 0 Å². The molecule has 4 rings (SSSR count). The van der Waals surface area contributed by atoms with Gasteiger partial charge in [0.15, 0.2) is 18.1 Å². The van der Waals surface area contributed by atoms with Gasteiger partial charge in [0.25, 0.3) is 5.89 Å². The lowest BCUT2D eigenvalue weighted by molar-refractivity contribution is 0.0434. The molecule has 0 atom stereocenters. The fourth-order valence-corrected chi connectivity index (χ4v) is 4.30. The average molecular weight is 444 g/mol. The molecule has 0 aliphatic rings. The van der Waals surface area contributed by atoms with Crippen LogP contribution < -0.4 is 9.47 Å². The Balaban J connectivity index is 1.47. The molecular formula is C20H17N3O5S2. The van der Waals surface area contributed by atoms with Crippen molar-refractivity contribution in [2.75, 3.05) is 14.2 Å². The Labute approximate surface area is 180 Å². The van der Waals surface area contributed by atoms with Gasteiger partial charge in [0.1, 0.15) is 9.88 Å². The van der Waals surface area contributed by atoms with E-state index in [4.69, 9.17) is 18.7 Å². The Morgan fingerprint density at radius 3 is 2.70 bits per heavy atom. The molecule has 30 heavy (non-hydrogen) atoms. The van der Waals surface area contributed by atoms with Crippen molar-refractivity contribution >= 4 is 28.6 Å². The molecule has 0 saturated carbocycles. The van der Waals surface area contributed by atoms with Crippen molar-refractivity contribution in [1.29, 1.82) is 0 Å². The summed E-state index contributed by atoms with van der Waals surface area (Å²) in [5.74, 6) is 1.42. The third-order valence-corrected chi connectivity index (χ3v) is 6.20. The number of ether oxygens (including phenoxy) is 3. The fraction of sp³-hybridized carbons (Fsp3) is 0.200. The number of nitrogens with zero attached hydrogens (tertiary/aromatic N) is 3. The van der Waals surface area contributed by atoms with E-state index in [1.54, 1.807) is 27.2 Å². The monoisotopic (exact) mass is 443 g/mol. The molecule has 154 valence electrons. The topological polar surface area (TPSA) is 96.6 Å². The minimum absolute atomic E-state index is 0.111. The van der Waals surface area contributed by atoms with Crippen molar-refractivity contribution in [3.8, 4) is 32.8 Å². The molecule has 0 fully saturated rings. The van der Waals surface area contributed by atoms with Gasteiger partial charge in [-0.1, -0.05) is 11.2 Å². The Kier molecular flexibility index (Phi) is 5.77. The highest BCUT2D eigenvalue weighted by Crippen LogP contribution is 2.35. The van der Waals surface area contributed by atoms with Gasteiger partial charge >= 0.3 is 5.97 Å². The number of hydrogen-bond acceptors (Lipinski definition) is 10. The van der Waals surface area contributed by atoms with E-state index in [-0.39, 0.29) is 12.5 Å². The smallest absolute Gasteiger partial charge is 0.350 e. The molecule has 3 aromatic heterocycles. The third-order valence-electron chi connectivity index (χ3n) is 4.15. The van der Waals surface area contributed by atoms with Gasteiger partial charge in [0.05, 0.1) is 24.8 Å². The van der Waals surface area contributed by atoms with Crippen LogP contribution in [-0.2, 0) is 11.3 Å². The zero-order valence-corrected chi connectivity index (χ0v) is 18.0. The molecule has 0 unspecified atom stereocenters. The Bertz CT molecular complexity index is 1170. The Hall–Kier alpha value is -3.24. The molecule has 0 spiro atoms. The standard InChI is InChI=1S/C20H17N3O5S2/c1-11-17(30-19(21-11)12-6-7-13(25-2)14(9-12)26-3)20(24)27-10-16-22-18(23-28-16)15-5-4-8-29-15/h4-9H,10H2,1-3H3. The lowest BCUT2D eigenvalue weighted by Gasteiger charge is -2.08. The maximum absolute atomic E-state index is 12.6. The zero-order chi connectivity index (χ0) is 21.1. The first-order valence-electron chi connectivity index (χ1n) is 8.82. The van der Waals surface area contributed by atoms with Crippen molar-refractivity contribution in [3.05, 3.63) is 52.2 Å². The van der Waals surface area contributed by atoms with Crippen molar-refractivity contribution in [2.45, 2.75) is 13.5 Å². The summed E-state index contributed by atoms with van der Waals surface area (Å²) >= 11 is 2.75. The normalized spacial score (nSPS) is 10.8. The fourth-order valence-electron chi connectivity index (χ4n) is 2.69. The van der Waals surface area contributed by atoms with Crippen LogP contribution >= 0.6 is 22.7 Å². The van der Waals surface area contributed by atoms with Crippen LogP contribution in [0.3, 0.4) is 0 Å². The number of carbonyl (C=O) groups is 1. The Morgan fingerprint density at radius 2 is 1.97 bits per heavy atom. The van der Waals surface area contributed by atoms with Gasteiger partial charge in [0.2, 0.25) is 5.82 Å².